The fourth-order valence-electron chi connectivity index (χ4n) is 5.80. The maximum atomic E-state index is 12.0. The summed E-state index contributed by atoms with van der Waals surface area (Å²) >= 11 is 0. The molecule has 0 radical (unpaired) electrons. The first kappa shape index (κ1) is 24.6. The quantitative estimate of drug-likeness (QED) is 0.453. The lowest BCUT2D eigenvalue weighted by Crippen LogP contribution is -2.54. The van der Waals surface area contributed by atoms with Gasteiger partial charge >= 0.3 is 0 Å². The van der Waals surface area contributed by atoms with Crippen LogP contribution in [0.25, 0.3) is 10.9 Å². The van der Waals surface area contributed by atoms with Crippen LogP contribution >= 0.6 is 0 Å². The molecule has 1 aromatic heterocycles. The molecule has 2 aromatic carbocycles. The van der Waals surface area contributed by atoms with Gasteiger partial charge in [0.2, 0.25) is 5.91 Å². The number of nitrogens with zero attached hydrogens (tertiary/aromatic N) is 2. The largest absolute Gasteiger partial charge is 0.497 e. The highest BCUT2D eigenvalue weighted by Gasteiger charge is 2.48. The van der Waals surface area contributed by atoms with E-state index >= 15 is 0 Å². The number of hydrogen-bond donors (Lipinski definition) is 2. The highest BCUT2D eigenvalue weighted by Crippen LogP contribution is 2.44. The van der Waals surface area contributed by atoms with Crippen molar-refractivity contribution in [3.63, 3.8) is 0 Å². The molecule has 1 unspecified atom stereocenters. The second-order valence-electron chi connectivity index (χ2n) is 9.63. The molecule has 1 amide bonds. The lowest BCUT2D eigenvalue weighted by molar-refractivity contribution is -0.124. The van der Waals surface area contributed by atoms with Crippen molar-refractivity contribution in [2.75, 3.05) is 66.7 Å². The number of aromatic nitrogens is 1. The molecule has 8 heteroatoms. The Morgan fingerprint density at radius 1 is 1.08 bits per heavy atom. The first-order valence-corrected chi connectivity index (χ1v) is 12.7. The fourth-order valence-corrected chi connectivity index (χ4v) is 5.80. The van der Waals surface area contributed by atoms with Crippen LogP contribution in [0.2, 0.25) is 0 Å². The minimum absolute atomic E-state index is 0.0759. The van der Waals surface area contributed by atoms with Crippen molar-refractivity contribution in [1.82, 2.24) is 20.1 Å². The van der Waals surface area contributed by atoms with Crippen molar-refractivity contribution >= 4 is 16.8 Å². The zero-order chi connectivity index (χ0) is 25.0. The zero-order valence-electron chi connectivity index (χ0n) is 21.2. The minimum Gasteiger partial charge on any atom is -0.497 e. The summed E-state index contributed by atoms with van der Waals surface area (Å²) in [6.07, 6.45) is 1.99. The van der Waals surface area contributed by atoms with Crippen molar-refractivity contribution in [2.45, 2.75) is 18.4 Å². The number of carbonyl (C=O) groups is 1. The van der Waals surface area contributed by atoms with E-state index in [1.807, 2.05) is 36.4 Å². The number of hydrogen-bond acceptors (Lipinski definition) is 6. The molecule has 2 N–H and O–H groups in total. The van der Waals surface area contributed by atoms with E-state index in [1.54, 1.807) is 14.2 Å². The third-order valence-electron chi connectivity index (χ3n) is 7.54. The number of nitrogens with one attached hydrogen (secondary N) is 2. The molecule has 1 fully saturated rings. The molecule has 2 aliphatic rings. The van der Waals surface area contributed by atoms with Gasteiger partial charge in [0.1, 0.15) is 24.7 Å². The SMILES string of the molecule is COCC(=O)NCCN1CCc2c([nH]c3ccc(OC)cc23)C12CCN(CCOc1ccccc1)C2. The Morgan fingerprint density at radius 3 is 2.75 bits per heavy atom. The predicted octanol–water partition coefficient (Wildman–Crippen LogP) is 2.78. The maximum Gasteiger partial charge on any atom is 0.246 e. The van der Waals surface area contributed by atoms with Crippen LogP contribution in [0.1, 0.15) is 17.7 Å². The molecule has 8 nitrogen and oxygen atoms in total. The molecule has 0 aliphatic carbocycles. The predicted molar refractivity (Wildman–Crippen MR) is 140 cm³/mol. The van der Waals surface area contributed by atoms with E-state index in [1.165, 1.54) is 16.6 Å². The molecule has 0 bridgehead atoms. The molecule has 3 heterocycles. The van der Waals surface area contributed by atoms with Gasteiger partial charge in [-0.05, 0) is 48.7 Å². The Balaban J connectivity index is 1.36. The Hall–Kier alpha value is -3.07. The van der Waals surface area contributed by atoms with Gasteiger partial charge in [0, 0.05) is 63.0 Å². The van der Waals surface area contributed by atoms with Gasteiger partial charge in [-0.2, -0.15) is 0 Å². The van der Waals surface area contributed by atoms with Crippen molar-refractivity contribution in [2.24, 2.45) is 0 Å². The van der Waals surface area contributed by atoms with Crippen molar-refractivity contribution < 1.29 is 19.0 Å². The normalized spacial score (nSPS) is 20.1. The van der Waals surface area contributed by atoms with Crippen LogP contribution in [0.4, 0.5) is 0 Å². The number of ether oxygens (including phenoxy) is 3. The second-order valence-corrected chi connectivity index (χ2v) is 9.63. The van der Waals surface area contributed by atoms with Crippen LogP contribution in [0.15, 0.2) is 48.5 Å². The molecule has 192 valence electrons. The number of carbonyl (C=O) groups excluding carboxylic acids is 1. The molecule has 0 saturated carbocycles. The minimum atomic E-state index is -0.126. The zero-order valence-corrected chi connectivity index (χ0v) is 21.2. The van der Waals surface area contributed by atoms with Crippen molar-refractivity contribution in [1.29, 1.82) is 0 Å². The monoisotopic (exact) mass is 492 g/mol. The number of methoxy groups -OCH3 is 2. The topological polar surface area (TPSA) is 79.1 Å². The Bertz CT molecular complexity index is 1180. The number of rotatable bonds is 10. The van der Waals surface area contributed by atoms with Gasteiger partial charge in [-0.15, -0.1) is 0 Å². The van der Waals surface area contributed by atoms with Gasteiger partial charge in [0.25, 0.3) is 0 Å². The summed E-state index contributed by atoms with van der Waals surface area (Å²) in [4.78, 5) is 20.8. The lowest BCUT2D eigenvalue weighted by atomic mass is 9.84. The van der Waals surface area contributed by atoms with Gasteiger partial charge in [0.15, 0.2) is 0 Å². The van der Waals surface area contributed by atoms with Gasteiger partial charge in [-0.3, -0.25) is 14.6 Å². The van der Waals surface area contributed by atoms with E-state index in [-0.39, 0.29) is 18.1 Å². The number of para-hydroxylation sites is 1. The molecule has 2 aliphatic heterocycles. The van der Waals surface area contributed by atoms with Gasteiger partial charge in [-0.1, -0.05) is 18.2 Å². The average molecular weight is 493 g/mol. The molecule has 1 spiro atoms. The van der Waals surface area contributed by atoms with Crippen LogP contribution in [0.5, 0.6) is 11.5 Å². The molecule has 5 rings (SSSR count). The van der Waals surface area contributed by atoms with Crippen LogP contribution in [-0.2, 0) is 21.5 Å². The lowest BCUT2D eigenvalue weighted by Gasteiger charge is -2.45. The third-order valence-corrected chi connectivity index (χ3v) is 7.54. The summed E-state index contributed by atoms with van der Waals surface area (Å²) in [6.45, 7) is 5.89. The fraction of sp³-hybridized carbons (Fsp3) is 0.464. The molecule has 3 aromatic rings. The molecule has 1 saturated heterocycles. The number of likely N-dealkylation sites (tertiary alicyclic amines) is 1. The average Bonchev–Trinajstić information content (AvgIpc) is 3.49. The summed E-state index contributed by atoms with van der Waals surface area (Å²) in [5.41, 5.74) is 3.73. The number of amides is 1. The number of benzene rings is 2. The van der Waals surface area contributed by atoms with E-state index in [2.05, 4.69) is 32.2 Å². The third kappa shape index (κ3) is 4.93. The summed E-state index contributed by atoms with van der Waals surface area (Å²) < 4.78 is 16.5. The highest BCUT2D eigenvalue weighted by molar-refractivity contribution is 5.87. The van der Waals surface area contributed by atoms with E-state index < -0.39 is 0 Å². The summed E-state index contributed by atoms with van der Waals surface area (Å²) in [5, 5.41) is 4.25. The summed E-state index contributed by atoms with van der Waals surface area (Å²) in [6, 6.07) is 16.3. The number of H-pyrrole nitrogens is 1. The number of fused-ring (bicyclic) bond motifs is 4. The van der Waals surface area contributed by atoms with Gasteiger partial charge in [-0.25, -0.2) is 0 Å². The van der Waals surface area contributed by atoms with Crippen LogP contribution < -0.4 is 14.8 Å². The molecule has 1 atom stereocenters. The van der Waals surface area contributed by atoms with Gasteiger partial charge < -0.3 is 24.5 Å². The summed E-state index contributed by atoms with van der Waals surface area (Å²) in [5.74, 6) is 1.71. The highest BCUT2D eigenvalue weighted by atomic mass is 16.5. The Labute approximate surface area is 212 Å². The van der Waals surface area contributed by atoms with Crippen molar-refractivity contribution in [3.8, 4) is 11.5 Å². The Kier molecular flexibility index (Phi) is 7.46. The van der Waals surface area contributed by atoms with E-state index in [0.717, 1.165) is 62.6 Å². The van der Waals surface area contributed by atoms with Gasteiger partial charge in [0.05, 0.1) is 12.6 Å². The van der Waals surface area contributed by atoms with E-state index in [4.69, 9.17) is 14.2 Å². The van der Waals surface area contributed by atoms with Crippen LogP contribution in [0.3, 0.4) is 0 Å². The van der Waals surface area contributed by atoms with Crippen LogP contribution in [-0.4, -0.2) is 87.4 Å². The Morgan fingerprint density at radius 2 is 1.94 bits per heavy atom. The van der Waals surface area contributed by atoms with E-state index in [9.17, 15) is 4.79 Å². The maximum absolute atomic E-state index is 12.0. The summed E-state index contributed by atoms with van der Waals surface area (Å²) in [7, 11) is 3.26. The van der Waals surface area contributed by atoms with E-state index in [0.29, 0.717) is 13.2 Å². The second kappa shape index (κ2) is 10.9. The first-order chi connectivity index (χ1) is 17.6. The molecular formula is C28H36N4O4. The number of aromatic amines is 1. The molecule has 36 heavy (non-hydrogen) atoms. The standard InChI is InChI=1S/C28H36N4O4/c1-34-19-26(33)29-12-15-32-13-10-23-24-18-22(35-2)8-9-25(24)30-27(23)28(32)11-14-31(20-28)16-17-36-21-6-4-3-5-7-21/h3-9,18,30H,10-17,19-20H2,1-2H3,(H,29,33). The van der Waals surface area contributed by atoms with Crippen molar-refractivity contribution in [3.05, 3.63) is 59.8 Å². The van der Waals surface area contributed by atoms with Crippen LogP contribution in [0, 0.1) is 0 Å². The smallest absolute Gasteiger partial charge is 0.246 e. The first-order valence-electron chi connectivity index (χ1n) is 12.7. The molecular weight excluding hydrogens is 456 g/mol.